The Morgan fingerprint density at radius 1 is 1.05 bits per heavy atom. The molecule has 0 aromatic heterocycles. The largest absolute Gasteiger partial charge is 0.294 e. The number of hydrogen-bond acceptors (Lipinski definition) is 2. The van der Waals surface area contributed by atoms with Crippen molar-refractivity contribution >= 4 is 29.1 Å². The number of halogens is 3. The first-order valence-corrected chi connectivity index (χ1v) is 6.60. The summed E-state index contributed by atoms with van der Waals surface area (Å²) >= 11 is 7.22. The number of hydrogen-bond donors (Lipinski definition) is 0. The maximum absolute atomic E-state index is 13.1. The highest BCUT2D eigenvalue weighted by Crippen LogP contribution is 2.31. The first kappa shape index (κ1) is 14.0. The van der Waals surface area contributed by atoms with Crippen molar-refractivity contribution in [3.05, 3.63) is 58.6 Å². The van der Waals surface area contributed by atoms with Crippen molar-refractivity contribution in [2.45, 2.75) is 16.7 Å². The van der Waals surface area contributed by atoms with Crippen LogP contribution < -0.4 is 0 Å². The summed E-state index contributed by atoms with van der Waals surface area (Å²) in [6.45, 7) is 1.43. The van der Waals surface area contributed by atoms with Crippen LogP contribution in [0.15, 0.2) is 46.2 Å². The zero-order chi connectivity index (χ0) is 14.0. The van der Waals surface area contributed by atoms with Crippen molar-refractivity contribution in [2.24, 2.45) is 0 Å². The normalized spacial score (nSPS) is 10.5. The highest BCUT2D eigenvalue weighted by Gasteiger charge is 2.08. The molecule has 0 fully saturated rings. The molecule has 1 nitrogen and oxygen atoms in total. The standard InChI is InChI=1S/C14H9ClF2OS/c1-8(18)11-4-2-9(6-12(11)15)19-10-3-5-13(16)14(17)7-10/h2-7H,1H3. The Hall–Kier alpha value is -1.39. The fourth-order valence-electron chi connectivity index (χ4n) is 1.52. The number of ketones is 1. The first-order chi connectivity index (χ1) is 8.97. The van der Waals surface area contributed by atoms with E-state index < -0.39 is 11.6 Å². The van der Waals surface area contributed by atoms with Gasteiger partial charge in [-0.15, -0.1) is 0 Å². The van der Waals surface area contributed by atoms with E-state index in [-0.39, 0.29) is 5.78 Å². The minimum atomic E-state index is -0.892. The minimum Gasteiger partial charge on any atom is -0.294 e. The Balaban J connectivity index is 2.26. The average Bonchev–Trinajstić information content (AvgIpc) is 2.33. The predicted octanol–water partition coefficient (Wildman–Crippen LogP) is 4.97. The average molecular weight is 299 g/mol. The summed E-state index contributed by atoms with van der Waals surface area (Å²) < 4.78 is 25.9. The third kappa shape index (κ3) is 3.33. The van der Waals surface area contributed by atoms with Gasteiger partial charge in [0.2, 0.25) is 0 Å². The topological polar surface area (TPSA) is 17.1 Å². The van der Waals surface area contributed by atoms with Gasteiger partial charge in [-0.2, -0.15) is 0 Å². The number of benzene rings is 2. The van der Waals surface area contributed by atoms with Crippen molar-refractivity contribution in [3.63, 3.8) is 0 Å². The van der Waals surface area contributed by atoms with Crippen LogP contribution in [0, 0.1) is 11.6 Å². The summed E-state index contributed by atoms with van der Waals surface area (Å²) in [6.07, 6.45) is 0. The lowest BCUT2D eigenvalue weighted by Crippen LogP contribution is -1.92. The third-order valence-corrected chi connectivity index (χ3v) is 3.74. The van der Waals surface area contributed by atoms with Crippen LogP contribution in [0.5, 0.6) is 0 Å². The lowest BCUT2D eigenvalue weighted by Gasteiger charge is -2.05. The number of rotatable bonds is 3. The van der Waals surface area contributed by atoms with Crippen LogP contribution in [0.1, 0.15) is 17.3 Å². The van der Waals surface area contributed by atoms with Crippen molar-refractivity contribution < 1.29 is 13.6 Å². The van der Waals surface area contributed by atoms with E-state index in [1.54, 1.807) is 18.2 Å². The molecular formula is C14H9ClF2OS. The maximum atomic E-state index is 13.1. The second-order valence-corrected chi connectivity index (χ2v) is 5.43. The zero-order valence-corrected chi connectivity index (χ0v) is 11.5. The summed E-state index contributed by atoms with van der Waals surface area (Å²) in [5, 5.41) is 0.347. The second-order valence-electron chi connectivity index (χ2n) is 3.88. The van der Waals surface area contributed by atoms with Crippen LogP contribution in [0.25, 0.3) is 0 Å². The molecule has 2 rings (SSSR count). The van der Waals surface area contributed by atoms with E-state index in [4.69, 9.17) is 11.6 Å². The summed E-state index contributed by atoms with van der Waals surface area (Å²) in [7, 11) is 0. The van der Waals surface area contributed by atoms with Gasteiger partial charge in [0.15, 0.2) is 17.4 Å². The minimum absolute atomic E-state index is 0.116. The van der Waals surface area contributed by atoms with Gasteiger partial charge in [0.25, 0.3) is 0 Å². The second kappa shape index (κ2) is 5.72. The molecule has 0 radical (unpaired) electrons. The maximum Gasteiger partial charge on any atom is 0.161 e. The summed E-state index contributed by atoms with van der Waals surface area (Å²) in [5.41, 5.74) is 0.441. The van der Waals surface area contributed by atoms with Crippen LogP contribution in [0.2, 0.25) is 5.02 Å². The van der Waals surface area contributed by atoms with Crippen molar-refractivity contribution in [3.8, 4) is 0 Å². The van der Waals surface area contributed by atoms with Crippen molar-refractivity contribution in [1.29, 1.82) is 0 Å². The van der Waals surface area contributed by atoms with E-state index in [1.807, 2.05) is 0 Å². The van der Waals surface area contributed by atoms with Crippen LogP contribution in [0.4, 0.5) is 8.78 Å². The van der Waals surface area contributed by atoms with Gasteiger partial charge in [0.05, 0.1) is 5.02 Å². The van der Waals surface area contributed by atoms with Gasteiger partial charge in [-0.25, -0.2) is 8.78 Å². The molecule has 0 amide bonds. The summed E-state index contributed by atoms with van der Waals surface area (Å²) in [6, 6.07) is 8.64. The van der Waals surface area contributed by atoms with E-state index >= 15 is 0 Å². The molecule has 0 aliphatic heterocycles. The molecule has 5 heteroatoms. The molecule has 0 unspecified atom stereocenters. The van der Waals surface area contributed by atoms with Crippen LogP contribution in [-0.2, 0) is 0 Å². The lowest BCUT2D eigenvalue weighted by molar-refractivity contribution is 0.101. The molecule has 0 heterocycles. The van der Waals surface area contributed by atoms with E-state index in [2.05, 4.69) is 0 Å². The Labute approximate surface area is 118 Å². The fraction of sp³-hybridized carbons (Fsp3) is 0.0714. The van der Waals surface area contributed by atoms with Crippen molar-refractivity contribution in [2.75, 3.05) is 0 Å². The van der Waals surface area contributed by atoms with Crippen LogP contribution >= 0.6 is 23.4 Å². The monoisotopic (exact) mass is 298 g/mol. The molecule has 0 bridgehead atoms. The van der Waals surface area contributed by atoms with E-state index in [0.717, 1.165) is 17.0 Å². The van der Waals surface area contributed by atoms with Gasteiger partial charge < -0.3 is 0 Å². The third-order valence-electron chi connectivity index (χ3n) is 2.45. The Morgan fingerprint density at radius 3 is 2.26 bits per heavy atom. The van der Waals surface area contributed by atoms with Crippen molar-refractivity contribution in [1.82, 2.24) is 0 Å². The Bertz CT molecular complexity index is 643. The molecule has 2 aromatic rings. The lowest BCUT2D eigenvalue weighted by atomic mass is 10.1. The highest BCUT2D eigenvalue weighted by molar-refractivity contribution is 7.99. The molecular weight excluding hydrogens is 290 g/mol. The Kier molecular flexibility index (Phi) is 4.22. The zero-order valence-electron chi connectivity index (χ0n) is 9.91. The van der Waals surface area contributed by atoms with E-state index in [1.165, 1.54) is 24.8 Å². The SMILES string of the molecule is CC(=O)c1ccc(Sc2ccc(F)c(F)c2)cc1Cl. The molecule has 0 saturated carbocycles. The van der Waals surface area contributed by atoms with Gasteiger partial charge in [-0.3, -0.25) is 4.79 Å². The molecule has 0 atom stereocenters. The quantitative estimate of drug-likeness (QED) is 0.744. The van der Waals surface area contributed by atoms with E-state index in [0.29, 0.717) is 15.5 Å². The van der Waals surface area contributed by atoms with Gasteiger partial charge in [0.1, 0.15) is 0 Å². The van der Waals surface area contributed by atoms with Crippen LogP contribution in [0.3, 0.4) is 0 Å². The molecule has 0 N–H and O–H groups in total. The predicted molar refractivity (Wildman–Crippen MR) is 71.9 cm³/mol. The highest BCUT2D eigenvalue weighted by atomic mass is 35.5. The first-order valence-electron chi connectivity index (χ1n) is 5.41. The fourth-order valence-corrected chi connectivity index (χ4v) is 2.78. The molecule has 0 spiro atoms. The van der Waals surface area contributed by atoms with Gasteiger partial charge >= 0.3 is 0 Å². The summed E-state index contributed by atoms with van der Waals surface area (Å²) in [5.74, 6) is -1.89. The van der Waals surface area contributed by atoms with Gasteiger partial charge in [-0.1, -0.05) is 23.4 Å². The van der Waals surface area contributed by atoms with Crippen LogP contribution in [-0.4, -0.2) is 5.78 Å². The van der Waals surface area contributed by atoms with E-state index in [9.17, 15) is 13.6 Å². The number of carbonyl (C=O) groups is 1. The molecule has 0 saturated heterocycles. The number of carbonyl (C=O) groups excluding carboxylic acids is 1. The molecule has 0 aliphatic carbocycles. The molecule has 0 aliphatic rings. The summed E-state index contributed by atoms with van der Waals surface area (Å²) in [4.78, 5) is 12.5. The molecule has 2 aromatic carbocycles. The van der Waals surface area contributed by atoms with Gasteiger partial charge in [-0.05, 0) is 43.3 Å². The molecule has 98 valence electrons. The van der Waals surface area contributed by atoms with Gasteiger partial charge in [0, 0.05) is 15.4 Å². The number of Topliss-reactive ketones (excluding diaryl/α,β-unsaturated/α-hetero) is 1. The Morgan fingerprint density at radius 2 is 1.68 bits per heavy atom. The smallest absolute Gasteiger partial charge is 0.161 e. The molecule has 19 heavy (non-hydrogen) atoms.